The van der Waals surface area contributed by atoms with Crippen LogP contribution in [0.15, 0.2) is 0 Å². The summed E-state index contributed by atoms with van der Waals surface area (Å²) in [4.78, 5) is 0. The maximum absolute atomic E-state index is 12.1. The van der Waals surface area contributed by atoms with Crippen molar-refractivity contribution in [3.05, 3.63) is 0 Å². The number of hydrogen-bond donors (Lipinski definition) is 1. The summed E-state index contributed by atoms with van der Waals surface area (Å²) in [6.07, 6.45) is 5.75. The van der Waals surface area contributed by atoms with Crippen LogP contribution in [0, 0.1) is 5.92 Å². The van der Waals surface area contributed by atoms with Crippen molar-refractivity contribution >= 4 is 9.84 Å². The highest BCUT2D eigenvalue weighted by Crippen LogP contribution is 2.31. The highest BCUT2D eigenvalue weighted by Gasteiger charge is 2.36. The van der Waals surface area contributed by atoms with Gasteiger partial charge in [-0.05, 0) is 31.6 Å². The van der Waals surface area contributed by atoms with Crippen LogP contribution >= 0.6 is 0 Å². The third kappa shape index (κ3) is 3.45. The van der Waals surface area contributed by atoms with E-state index in [0.29, 0.717) is 18.1 Å². The SMILES string of the molecule is CCCC1CCC(N)C(S(=O)(=O)CCC)C1. The topological polar surface area (TPSA) is 60.2 Å². The van der Waals surface area contributed by atoms with Crippen molar-refractivity contribution in [2.75, 3.05) is 5.75 Å². The molecule has 0 amide bonds. The second-order valence-electron chi connectivity index (χ2n) is 5.04. The zero-order valence-corrected chi connectivity index (χ0v) is 11.3. The molecule has 1 rings (SSSR count). The Balaban J connectivity index is 2.69. The van der Waals surface area contributed by atoms with Crippen molar-refractivity contribution in [1.29, 1.82) is 0 Å². The van der Waals surface area contributed by atoms with Gasteiger partial charge in [-0.15, -0.1) is 0 Å². The molecule has 16 heavy (non-hydrogen) atoms. The molecule has 3 atom stereocenters. The summed E-state index contributed by atoms with van der Waals surface area (Å²) in [6.45, 7) is 4.07. The lowest BCUT2D eigenvalue weighted by Crippen LogP contribution is -2.45. The molecule has 0 heterocycles. The molecule has 0 saturated heterocycles. The Bertz CT molecular complexity index is 300. The summed E-state index contributed by atoms with van der Waals surface area (Å²) in [6, 6.07) is -0.135. The van der Waals surface area contributed by atoms with Gasteiger partial charge < -0.3 is 5.73 Å². The molecule has 2 N–H and O–H groups in total. The lowest BCUT2D eigenvalue weighted by atomic mass is 9.83. The molecule has 1 aliphatic carbocycles. The molecule has 96 valence electrons. The van der Waals surface area contributed by atoms with Crippen LogP contribution in [0.4, 0.5) is 0 Å². The molecular weight excluding hydrogens is 222 g/mol. The maximum atomic E-state index is 12.1. The third-order valence-electron chi connectivity index (χ3n) is 3.60. The van der Waals surface area contributed by atoms with Crippen LogP contribution in [-0.2, 0) is 9.84 Å². The first-order valence-corrected chi connectivity index (χ1v) is 8.20. The van der Waals surface area contributed by atoms with Crippen LogP contribution in [0.2, 0.25) is 0 Å². The second kappa shape index (κ2) is 6.01. The third-order valence-corrected chi connectivity index (χ3v) is 6.04. The van der Waals surface area contributed by atoms with E-state index in [0.717, 1.165) is 32.1 Å². The van der Waals surface area contributed by atoms with Crippen molar-refractivity contribution in [3.63, 3.8) is 0 Å². The van der Waals surface area contributed by atoms with Crippen LogP contribution in [0.3, 0.4) is 0 Å². The molecule has 0 spiro atoms. The normalized spacial score (nSPS) is 31.6. The zero-order chi connectivity index (χ0) is 12.2. The van der Waals surface area contributed by atoms with Crippen LogP contribution in [0.1, 0.15) is 52.4 Å². The van der Waals surface area contributed by atoms with Crippen LogP contribution < -0.4 is 5.73 Å². The molecule has 0 aliphatic heterocycles. The van der Waals surface area contributed by atoms with E-state index in [9.17, 15) is 8.42 Å². The Hall–Kier alpha value is -0.0900. The fourth-order valence-electron chi connectivity index (χ4n) is 2.75. The summed E-state index contributed by atoms with van der Waals surface area (Å²) in [5.41, 5.74) is 5.97. The quantitative estimate of drug-likeness (QED) is 0.809. The largest absolute Gasteiger partial charge is 0.327 e. The van der Waals surface area contributed by atoms with E-state index in [1.54, 1.807) is 0 Å². The van der Waals surface area contributed by atoms with E-state index < -0.39 is 9.84 Å². The highest BCUT2D eigenvalue weighted by molar-refractivity contribution is 7.92. The number of rotatable bonds is 5. The number of nitrogens with two attached hydrogens (primary N) is 1. The highest BCUT2D eigenvalue weighted by atomic mass is 32.2. The minimum Gasteiger partial charge on any atom is -0.327 e. The minimum absolute atomic E-state index is 0.135. The smallest absolute Gasteiger partial charge is 0.154 e. The Labute approximate surface area is 99.7 Å². The van der Waals surface area contributed by atoms with Crippen molar-refractivity contribution < 1.29 is 8.42 Å². The predicted octanol–water partition coefficient (Wildman–Crippen LogP) is 2.11. The predicted molar refractivity (Wildman–Crippen MR) is 68.1 cm³/mol. The van der Waals surface area contributed by atoms with E-state index in [1.807, 2.05) is 6.92 Å². The Kier molecular flexibility index (Phi) is 5.25. The lowest BCUT2D eigenvalue weighted by molar-refractivity contribution is 0.309. The molecule has 1 fully saturated rings. The van der Waals surface area contributed by atoms with Gasteiger partial charge in [0.25, 0.3) is 0 Å². The Morgan fingerprint density at radius 2 is 1.88 bits per heavy atom. The second-order valence-corrected chi connectivity index (χ2v) is 7.38. The van der Waals surface area contributed by atoms with Gasteiger partial charge in [0.1, 0.15) is 0 Å². The van der Waals surface area contributed by atoms with Gasteiger partial charge in [-0.25, -0.2) is 8.42 Å². The van der Waals surface area contributed by atoms with Gasteiger partial charge >= 0.3 is 0 Å². The monoisotopic (exact) mass is 247 g/mol. The minimum atomic E-state index is -2.96. The molecule has 0 bridgehead atoms. The average molecular weight is 247 g/mol. The summed E-state index contributed by atoms with van der Waals surface area (Å²) in [7, 11) is -2.96. The molecule has 3 unspecified atom stereocenters. The van der Waals surface area contributed by atoms with Gasteiger partial charge in [0, 0.05) is 6.04 Å². The zero-order valence-electron chi connectivity index (χ0n) is 10.5. The van der Waals surface area contributed by atoms with Gasteiger partial charge in [0.15, 0.2) is 9.84 Å². The van der Waals surface area contributed by atoms with Gasteiger partial charge in [-0.1, -0.05) is 26.7 Å². The fraction of sp³-hybridized carbons (Fsp3) is 1.00. The Morgan fingerprint density at radius 1 is 1.19 bits per heavy atom. The number of sulfone groups is 1. The van der Waals surface area contributed by atoms with Gasteiger partial charge in [0.2, 0.25) is 0 Å². The average Bonchev–Trinajstić information content (AvgIpc) is 2.21. The van der Waals surface area contributed by atoms with E-state index in [4.69, 9.17) is 5.73 Å². The van der Waals surface area contributed by atoms with Crippen LogP contribution in [-0.4, -0.2) is 25.5 Å². The summed E-state index contributed by atoms with van der Waals surface area (Å²) in [5, 5.41) is -0.280. The summed E-state index contributed by atoms with van der Waals surface area (Å²) < 4.78 is 24.1. The standard InChI is InChI=1S/C12H25NO2S/c1-3-5-10-6-7-11(13)12(9-10)16(14,15)8-4-2/h10-12H,3-9,13H2,1-2H3. The van der Waals surface area contributed by atoms with Gasteiger partial charge in [0.05, 0.1) is 11.0 Å². The van der Waals surface area contributed by atoms with Crippen molar-refractivity contribution in [2.45, 2.75) is 63.7 Å². The van der Waals surface area contributed by atoms with Crippen molar-refractivity contribution in [2.24, 2.45) is 11.7 Å². The molecule has 4 heteroatoms. The summed E-state index contributed by atoms with van der Waals surface area (Å²) >= 11 is 0. The van der Waals surface area contributed by atoms with Crippen molar-refractivity contribution in [1.82, 2.24) is 0 Å². The molecule has 0 aromatic carbocycles. The van der Waals surface area contributed by atoms with Crippen molar-refractivity contribution in [3.8, 4) is 0 Å². The molecule has 3 nitrogen and oxygen atoms in total. The van der Waals surface area contributed by atoms with Crippen LogP contribution in [0.5, 0.6) is 0 Å². The molecule has 0 radical (unpaired) electrons. The fourth-order valence-corrected chi connectivity index (χ4v) is 4.86. The molecule has 1 saturated carbocycles. The molecule has 0 aromatic rings. The van der Waals surface area contributed by atoms with E-state index in [-0.39, 0.29) is 11.3 Å². The molecule has 1 aliphatic rings. The van der Waals surface area contributed by atoms with Gasteiger partial charge in [-0.3, -0.25) is 0 Å². The molecule has 0 aromatic heterocycles. The first-order chi connectivity index (χ1) is 7.51. The molecular formula is C12H25NO2S. The summed E-state index contributed by atoms with van der Waals surface area (Å²) in [5.74, 6) is 0.867. The van der Waals surface area contributed by atoms with E-state index in [1.165, 1.54) is 0 Å². The van der Waals surface area contributed by atoms with E-state index in [2.05, 4.69) is 6.92 Å². The maximum Gasteiger partial charge on any atom is 0.154 e. The van der Waals surface area contributed by atoms with E-state index >= 15 is 0 Å². The first kappa shape index (κ1) is 14.0. The first-order valence-electron chi connectivity index (χ1n) is 6.48. The Morgan fingerprint density at radius 3 is 2.44 bits per heavy atom. The van der Waals surface area contributed by atoms with Gasteiger partial charge in [-0.2, -0.15) is 0 Å². The van der Waals surface area contributed by atoms with Crippen LogP contribution in [0.25, 0.3) is 0 Å². The lowest BCUT2D eigenvalue weighted by Gasteiger charge is -2.33. The number of hydrogen-bond acceptors (Lipinski definition) is 3.